The summed E-state index contributed by atoms with van der Waals surface area (Å²) in [7, 11) is 0. The molecular formula is C26H37KN2O6. The van der Waals surface area contributed by atoms with Crippen LogP contribution in [0.5, 0.6) is 0 Å². The van der Waals surface area contributed by atoms with E-state index in [0.717, 1.165) is 11.2 Å². The number of hydrogen-bond donors (Lipinski definition) is 2. The van der Waals surface area contributed by atoms with Crippen LogP contribution in [0.2, 0.25) is 0 Å². The fourth-order valence-electron chi connectivity index (χ4n) is 2.58. The molecule has 0 radical (unpaired) electrons. The summed E-state index contributed by atoms with van der Waals surface area (Å²) in [6.07, 6.45) is 0. The standard InChI is InChI=1S/C11H9NO2.C8H5NO2.C3H6O.4CH4.K.H2O/c1-7-6-9(11(13)14)8-4-2-3-5-10(8)12-7;10-7-5-3-1-2-4-6(5)9-8(7)11;1-3(2)4;;;;;;/h2-6H,1H3,(H,13,14);1-4H,(H,9,10,11);1-2H3;4*1H4;;1H2/q;;;;;;;+1;/p-1. The van der Waals surface area contributed by atoms with Crippen LogP contribution < -0.4 is 56.7 Å². The molecule has 1 aliphatic rings. The number of fused-ring (bicyclic) bond motifs is 2. The quantitative estimate of drug-likeness (QED) is 0.377. The maximum Gasteiger partial charge on any atom is 1.00 e. The van der Waals surface area contributed by atoms with Gasteiger partial charge in [-0.15, -0.1) is 0 Å². The summed E-state index contributed by atoms with van der Waals surface area (Å²) < 4.78 is 0. The molecule has 0 spiro atoms. The van der Waals surface area contributed by atoms with Crippen LogP contribution in [0.25, 0.3) is 10.9 Å². The van der Waals surface area contributed by atoms with Crippen LogP contribution in [-0.2, 0) is 9.59 Å². The molecule has 0 unspecified atom stereocenters. The second kappa shape index (κ2) is 20.0. The largest absolute Gasteiger partial charge is 1.00 e. The van der Waals surface area contributed by atoms with Gasteiger partial charge >= 0.3 is 57.4 Å². The van der Waals surface area contributed by atoms with Crippen molar-refractivity contribution in [1.82, 2.24) is 4.98 Å². The van der Waals surface area contributed by atoms with E-state index in [1.807, 2.05) is 18.2 Å². The number of rotatable bonds is 1. The summed E-state index contributed by atoms with van der Waals surface area (Å²) in [6.45, 7) is 4.85. The number of pyridine rings is 1. The number of hydrogen-bond acceptors (Lipinski definition) is 6. The number of para-hydroxylation sites is 2. The summed E-state index contributed by atoms with van der Waals surface area (Å²) in [5, 5.41) is 12.1. The second-order valence-corrected chi connectivity index (χ2v) is 6.37. The molecule has 1 aliphatic heterocycles. The van der Waals surface area contributed by atoms with Gasteiger partial charge in [-0.05, 0) is 45.0 Å². The Balaban J connectivity index is -0.000000131. The van der Waals surface area contributed by atoms with Gasteiger partial charge < -0.3 is 20.7 Å². The number of Topliss-reactive ketones (excluding diaryl/α,β-unsaturated/α-hetero) is 2. The minimum atomic E-state index is -0.910. The van der Waals surface area contributed by atoms with Gasteiger partial charge in [-0.3, -0.25) is 14.6 Å². The van der Waals surface area contributed by atoms with Crippen molar-refractivity contribution in [2.24, 2.45) is 0 Å². The number of carboxylic acids is 1. The van der Waals surface area contributed by atoms with Crippen molar-refractivity contribution in [1.29, 1.82) is 0 Å². The minimum absolute atomic E-state index is 0. The topological polar surface area (TPSA) is 143 Å². The summed E-state index contributed by atoms with van der Waals surface area (Å²) in [6, 6.07) is 15.7. The molecule has 35 heavy (non-hydrogen) atoms. The molecule has 0 atom stereocenters. The van der Waals surface area contributed by atoms with Gasteiger partial charge in [-0.2, -0.15) is 0 Å². The Morgan fingerprint density at radius 1 is 0.886 bits per heavy atom. The molecule has 0 bridgehead atoms. The molecule has 0 fully saturated rings. The summed E-state index contributed by atoms with van der Waals surface area (Å²) >= 11 is 0. The number of ketones is 2. The van der Waals surface area contributed by atoms with E-state index in [2.05, 4.69) is 10.3 Å². The zero-order valence-electron chi connectivity index (χ0n) is 17.7. The van der Waals surface area contributed by atoms with Crippen LogP contribution in [0.3, 0.4) is 0 Å². The summed E-state index contributed by atoms with van der Waals surface area (Å²) in [5.74, 6) is -1.72. The number of carboxylic acid groups (broad SMARTS) is 1. The van der Waals surface area contributed by atoms with E-state index in [1.165, 1.54) is 13.8 Å². The van der Waals surface area contributed by atoms with Gasteiger partial charge in [0.25, 0.3) is 11.7 Å². The van der Waals surface area contributed by atoms with Gasteiger partial charge in [-0.25, -0.2) is 4.79 Å². The first-order valence-corrected chi connectivity index (χ1v) is 8.72. The van der Waals surface area contributed by atoms with Crippen molar-refractivity contribution in [3.8, 4) is 0 Å². The monoisotopic (exact) mass is 512 g/mol. The van der Waals surface area contributed by atoms with E-state index in [-0.39, 0.29) is 92.4 Å². The first-order chi connectivity index (χ1) is 13.7. The van der Waals surface area contributed by atoms with Crippen LogP contribution in [0.4, 0.5) is 5.69 Å². The van der Waals surface area contributed by atoms with Gasteiger partial charge in [0.1, 0.15) is 5.78 Å². The Kier molecular flexibility index (Phi) is 24.5. The van der Waals surface area contributed by atoms with Crippen molar-refractivity contribution in [2.75, 3.05) is 5.32 Å². The summed E-state index contributed by atoms with van der Waals surface area (Å²) in [4.78, 5) is 46.4. The number of nitrogens with zero attached hydrogens (tertiary/aromatic N) is 1. The van der Waals surface area contributed by atoms with Gasteiger partial charge in [0, 0.05) is 11.1 Å². The van der Waals surface area contributed by atoms with Crippen molar-refractivity contribution in [3.05, 3.63) is 71.4 Å². The molecule has 0 aliphatic carbocycles. The fourth-order valence-corrected chi connectivity index (χ4v) is 2.58. The van der Waals surface area contributed by atoms with E-state index >= 15 is 0 Å². The number of nitrogens with one attached hydrogen (secondary N) is 1. The molecule has 4 rings (SSSR count). The van der Waals surface area contributed by atoms with Crippen LogP contribution in [-0.4, -0.2) is 39.0 Å². The third-order valence-electron chi connectivity index (χ3n) is 3.70. The first-order valence-electron chi connectivity index (χ1n) is 8.72. The second-order valence-electron chi connectivity index (χ2n) is 6.37. The van der Waals surface area contributed by atoms with Crippen LogP contribution >= 0.6 is 0 Å². The molecule has 2 aromatic carbocycles. The van der Waals surface area contributed by atoms with E-state index < -0.39 is 17.7 Å². The first kappa shape index (κ1) is 42.9. The third-order valence-corrected chi connectivity index (χ3v) is 3.70. The number of amides is 1. The predicted octanol–water partition coefficient (Wildman–Crippen LogP) is 3.03. The zero-order chi connectivity index (χ0) is 21.6. The Hall–Kier alpha value is -2.27. The molecule has 2 heterocycles. The number of carbonyl (C=O) groups excluding carboxylic acids is 3. The fraction of sp³-hybridized carbons (Fsp3) is 0.269. The van der Waals surface area contributed by atoms with Crippen molar-refractivity contribution in [2.45, 2.75) is 50.5 Å². The maximum atomic E-state index is 11.0. The maximum absolute atomic E-state index is 11.0. The minimum Gasteiger partial charge on any atom is -0.870 e. The predicted molar refractivity (Wildman–Crippen MR) is 138 cm³/mol. The number of aryl methyl sites for hydroxylation is 1. The van der Waals surface area contributed by atoms with E-state index in [0.29, 0.717) is 22.2 Å². The SMILES string of the molecule is C.C.C.C.CC(C)=O.Cc1cc(C(=O)O)c2ccccc2n1.O=C1Nc2ccccc2C1=O.[K+].[OH-]. The molecule has 9 heteroatoms. The summed E-state index contributed by atoms with van der Waals surface area (Å²) in [5.41, 5.74) is 2.85. The molecule has 0 saturated heterocycles. The Labute approximate surface area is 251 Å². The van der Waals surface area contributed by atoms with Gasteiger partial charge in [0.15, 0.2) is 0 Å². The van der Waals surface area contributed by atoms with Crippen LogP contribution in [0.1, 0.15) is 70.0 Å². The molecule has 3 N–H and O–H groups in total. The van der Waals surface area contributed by atoms with E-state index in [4.69, 9.17) is 5.11 Å². The average Bonchev–Trinajstić information content (AvgIpc) is 2.95. The van der Waals surface area contributed by atoms with Crippen LogP contribution in [0, 0.1) is 6.92 Å². The molecular weight excluding hydrogens is 475 g/mol. The molecule has 8 nitrogen and oxygen atoms in total. The number of benzene rings is 2. The molecule has 1 amide bonds. The Bertz CT molecular complexity index is 1110. The van der Waals surface area contributed by atoms with Gasteiger partial charge in [0.05, 0.1) is 22.3 Å². The van der Waals surface area contributed by atoms with E-state index in [9.17, 15) is 19.2 Å². The number of aromatic nitrogens is 1. The van der Waals surface area contributed by atoms with Crippen molar-refractivity contribution < 1.29 is 81.1 Å². The number of aromatic carboxylic acids is 1. The van der Waals surface area contributed by atoms with Crippen molar-refractivity contribution in [3.63, 3.8) is 0 Å². The molecule has 1 aromatic heterocycles. The van der Waals surface area contributed by atoms with E-state index in [1.54, 1.807) is 43.3 Å². The molecule has 0 saturated carbocycles. The smallest absolute Gasteiger partial charge is 0.870 e. The van der Waals surface area contributed by atoms with Crippen molar-refractivity contribution >= 4 is 40.0 Å². The van der Waals surface area contributed by atoms with Crippen LogP contribution in [0.15, 0.2) is 54.6 Å². The molecule has 188 valence electrons. The van der Waals surface area contributed by atoms with Gasteiger partial charge in [-0.1, -0.05) is 60.0 Å². The average molecular weight is 513 g/mol. The van der Waals surface area contributed by atoms with Gasteiger partial charge in [0.2, 0.25) is 0 Å². The Morgan fingerprint density at radius 2 is 1.37 bits per heavy atom. The normalized spacial score (nSPS) is 9.46. The Morgan fingerprint density at radius 3 is 1.89 bits per heavy atom. The zero-order valence-corrected chi connectivity index (χ0v) is 20.8. The number of anilines is 1. The molecule has 3 aromatic rings. The number of carbonyl (C=O) groups is 4. The third kappa shape index (κ3) is 12.3.